The molecule has 1 heterocycles. The molecule has 0 aromatic heterocycles. The predicted octanol–water partition coefficient (Wildman–Crippen LogP) is 1.89. The Hall–Kier alpha value is -3.52. The monoisotopic (exact) mass is 510 g/mol. The number of likely N-dealkylation sites (N-methyl/N-ethyl adjacent to an activating group) is 1. The quantitative estimate of drug-likeness (QED) is 0.272. The average Bonchev–Trinajstić information content (AvgIpc) is 3.13. The van der Waals surface area contributed by atoms with Crippen LogP contribution in [0, 0.1) is 12.8 Å². The van der Waals surface area contributed by atoms with Crippen molar-refractivity contribution in [3.05, 3.63) is 58.7 Å². The summed E-state index contributed by atoms with van der Waals surface area (Å²) in [4.78, 5) is 29.2. The first-order valence-corrected chi connectivity index (χ1v) is 12.8. The van der Waals surface area contributed by atoms with Crippen molar-refractivity contribution in [2.75, 3.05) is 39.9 Å². The molecule has 8 nitrogen and oxygen atoms in total. The molecule has 37 heavy (non-hydrogen) atoms. The van der Waals surface area contributed by atoms with Crippen LogP contribution in [0.1, 0.15) is 50.4 Å². The van der Waals surface area contributed by atoms with E-state index in [0.717, 1.165) is 18.7 Å². The van der Waals surface area contributed by atoms with E-state index in [1.54, 1.807) is 30.3 Å². The van der Waals surface area contributed by atoms with Crippen LogP contribution in [-0.2, 0) is 9.59 Å². The number of aryl methyl sites for hydroxylation is 1. The third kappa shape index (κ3) is 6.07. The maximum atomic E-state index is 13.8. The number of rotatable bonds is 11. The molecule has 3 rings (SSSR count). The Balaban J connectivity index is 2.10. The summed E-state index contributed by atoms with van der Waals surface area (Å²) in [5.41, 5.74) is 1.52. The highest BCUT2D eigenvalue weighted by Gasteiger charge is 2.44. The van der Waals surface area contributed by atoms with E-state index in [1.165, 1.54) is 23.0 Å². The van der Waals surface area contributed by atoms with Gasteiger partial charge in [0.25, 0.3) is 5.91 Å². The van der Waals surface area contributed by atoms with Gasteiger partial charge in [0.1, 0.15) is 5.75 Å². The zero-order valence-corrected chi connectivity index (χ0v) is 22.6. The molecule has 1 aliphatic heterocycles. The normalized spacial score (nSPS) is 17.2. The summed E-state index contributed by atoms with van der Waals surface area (Å²) >= 11 is 0. The van der Waals surface area contributed by atoms with Crippen LogP contribution in [-0.4, -0.2) is 61.6 Å². The van der Waals surface area contributed by atoms with Gasteiger partial charge < -0.3 is 29.5 Å². The minimum Gasteiger partial charge on any atom is -0.872 e. The third-order valence-corrected chi connectivity index (χ3v) is 6.76. The lowest BCUT2D eigenvalue weighted by Gasteiger charge is -2.29. The first-order chi connectivity index (χ1) is 17.6. The van der Waals surface area contributed by atoms with E-state index in [9.17, 15) is 19.8 Å². The second-order valence-electron chi connectivity index (χ2n) is 9.80. The van der Waals surface area contributed by atoms with Gasteiger partial charge in [-0.25, -0.2) is 0 Å². The number of ketones is 1. The number of amides is 1. The van der Waals surface area contributed by atoms with Crippen LogP contribution in [0.5, 0.6) is 17.2 Å². The number of nitrogens with one attached hydrogen (secondary N) is 1. The summed E-state index contributed by atoms with van der Waals surface area (Å²) in [6.07, 6.45) is 0. The molecule has 0 aliphatic carbocycles. The maximum Gasteiger partial charge on any atom is 0.295 e. The van der Waals surface area contributed by atoms with Crippen molar-refractivity contribution >= 4 is 17.4 Å². The van der Waals surface area contributed by atoms with Crippen LogP contribution in [0.3, 0.4) is 0 Å². The number of hydrogen-bond donors (Lipinski definition) is 2. The molecule has 2 aromatic rings. The summed E-state index contributed by atoms with van der Waals surface area (Å²) in [6, 6.07) is 8.81. The summed E-state index contributed by atoms with van der Waals surface area (Å²) in [5, 5.41) is 23.9. The first-order valence-electron chi connectivity index (χ1n) is 12.8. The molecular formula is C29H38N2O6. The number of quaternary nitrogens is 1. The van der Waals surface area contributed by atoms with E-state index in [4.69, 9.17) is 9.47 Å². The Kier molecular flexibility index (Phi) is 9.21. The van der Waals surface area contributed by atoms with Crippen LogP contribution < -0.4 is 19.5 Å². The van der Waals surface area contributed by atoms with Gasteiger partial charge in [0, 0.05) is 5.57 Å². The van der Waals surface area contributed by atoms with Gasteiger partial charge in [-0.2, -0.15) is 0 Å². The Labute approximate surface area is 219 Å². The second-order valence-corrected chi connectivity index (χ2v) is 9.80. The minimum atomic E-state index is -0.880. The van der Waals surface area contributed by atoms with Crippen LogP contribution >= 0.6 is 0 Å². The molecule has 1 fully saturated rings. The number of carbonyl (C=O) groups is 2. The van der Waals surface area contributed by atoms with Crippen molar-refractivity contribution in [2.24, 2.45) is 5.92 Å². The number of benzene rings is 2. The molecule has 1 atom stereocenters. The Morgan fingerprint density at radius 1 is 1.11 bits per heavy atom. The highest BCUT2D eigenvalue weighted by molar-refractivity contribution is 6.46. The van der Waals surface area contributed by atoms with Gasteiger partial charge in [0.15, 0.2) is 11.5 Å². The summed E-state index contributed by atoms with van der Waals surface area (Å²) in [5.74, 6) is -0.825. The molecular weight excluding hydrogens is 472 g/mol. The van der Waals surface area contributed by atoms with E-state index < -0.39 is 23.5 Å². The Morgan fingerprint density at radius 3 is 2.41 bits per heavy atom. The van der Waals surface area contributed by atoms with Crippen LogP contribution in [0.2, 0.25) is 0 Å². The molecule has 1 saturated heterocycles. The molecule has 2 N–H and O–H groups in total. The van der Waals surface area contributed by atoms with E-state index in [0.29, 0.717) is 42.5 Å². The van der Waals surface area contributed by atoms with Gasteiger partial charge in [-0.15, -0.1) is 0 Å². The van der Waals surface area contributed by atoms with Crippen LogP contribution in [0.4, 0.5) is 0 Å². The first kappa shape index (κ1) is 28.1. The van der Waals surface area contributed by atoms with E-state index in [1.807, 2.05) is 6.92 Å². The number of phenolic OH excluding ortho intramolecular Hbond substituents is 1. The number of methoxy groups -OCH3 is 1. The SMILES string of the molecule is CC[NH+](CC)CCN1C(=O)C(=O)C(=C([O-])c2ccc(OCC(C)C)c(C)c2)C1c1ccc(O)c(OC)c1. The number of hydrogen-bond acceptors (Lipinski definition) is 6. The highest BCUT2D eigenvalue weighted by Crippen LogP contribution is 2.41. The maximum absolute atomic E-state index is 13.8. The lowest BCUT2D eigenvalue weighted by atomic mass is 9.94. The molecule has 200 valence electrons. The smallest absolute Gasteiger partial charge is 0.295 e. The summed E-state index contributed by atoms with van der Waals surface area (Å²) in [7, 11) is 1.42. The molecule has 1 amide bonds. The molecule has 2 aromatic carbocycles. The molecule has 8 heteroatoms. The largest absolute Gasteiger partial charge is 0.872 e. The third-order valence-electron chi connectivity index (χ3n) is 6.76. The lowest BCUT2D eigenvalue weighted by Crippen LogP contribution is -3.12. The molecule has 0 spiro atoms. The summed E-state index contributed by atoms with van der Waals surface area (Å²) < 4.78 is 11.1. The number of aromatic hydroxyl groups is 1. The van der Waals surface area contributed by atoms with Crippen molar-refractivity contribution in [3.8, 4) is 17.2 Å². The Bertz CT molecular complexity index is 1170. The van der Waals surface area contributed by atoms with Crippen molar-refractivity contribution in [1.82, 2.24) is 4.90 Å². The van der Waals surface area contributed by atoms with Crippen molar-refractivity contribution < 1.29 is 34.2 Å². The molecule has 0 saturated carbocycles. The van der Waals surface area contributed by atoms with E-state index >= 15 is 0 Å². The fraction of sp³-hybridized carbons (Fsp3) is 0.448. The second kappa shape index (κ2) is 12.1. The Morgan fingerprint density at radius 2 is 1.81 bits per heavy atom. The fourth-order valence-corrected chi connectivity index (χ4v) is 4.56. The van der Waals surface area contributed by atoms with Crippen molar-refractivity contribution in [2.45, 2.75) is 40.7 Å². The van der Waals surface area contributed by atoms with Crippen molar-refractivity contribution in [1.29, 1.82) is 0 Å². The van der Waals surface area contributed by atoms with Gasteiger partial charge in [0.2, 0.25) is 5.78 Å². The van der Waals surface area contributed by atoms with Gasteiger partial charge in [-0.05, 0) is 67.6 Å². The topological polar surface area (TPSA) is 104 Å². The highest BCUT2D eigenvalue weighted by atomic mass is 16.5. The zero-order valence-electron chi connectivity index (χ0n) is 22.6. The van der Waals surface area contributed by atoms with Crippen LogP contribution in [0.25, 0.3) is 5.76 Å². The average molecular weight is 511 g/mol. The zero-order chi connectivity index (χ0) is 27.3. The van der Waals surface area contributed by atoms with Crippen LogP contribution in [0.15, 0.2) is 42.0 Å². The van der Waals surface area contributed by atoms with Gasteiger partial charge in [-0.1, -0.05) is 31.7 Å². The molecule has 1 aliphatic rings. The standard InChI is InChI=1S/C29H38N2O6/c1-7-30(8-2)13-14-31-26(20-9-11-22(32)24(16-20)36-6)25(28(34)29(31)35)27(33)21-10-12-23(19(5)15-21)37-17-18(3)4/h9-12,15-16,18,26,32-33H,7-8,13-14,17H2,1-6H3. The van der Waals surface area contributed by atoms with Gasteiger partial charge >= 0.3 is 0 Å². The van der Waals surface area contributed by atoms with E-state index in [-0.39, 0.29) is 17.1 Å². The fourth-order valence-electron chi connectivity index (χ4n) is 4.56. The molecule has 1 unspecified atom stereocenters. The number of phenols is 1. The number of carbonyl (C=O) groups excluding carboxylic acids is 2. The number of likely N-dealkylation sites (tertiary alicyclic amines) is 1. The molecule has 0 radical (unpaired) electrons. The number of Topliss-reactive ketones (excluding diaryl/α,β-unsaturated/α-hetero) is 1. The predicted molar refractivity (Wildman–Crippen MR) is 139 cm³/mol. The van der Waals surface area contributed by atoms with Crippen molar-refractivity contribution in [3.63, 3.8) is 0 Å². The number of nitrogens with zero attached hydrogens (tertiary/aromatic N) is 1. The van der Waals surface area contributed by atoms with E-state index in [2.05, 4.69) is 27.7 Å². The van der Waals surface area contributed by atoms with Gasteiger partial charge in [-0.3, -0.25) is 9.59 Å². The molecule has 0 bridgehead atoms. The number of ether oxygens (including phenoxy) is 2. The summed E-state index contributed by atoms with van der Waals surface area (Å²) in [6.45, 7) is 13.3. The van der Waals surface area contributed by atoms with Gasteiger partial charge in [0.05, 0.1) is 45.9 Å². The lowest BCUT2D eigenvalue weighted by molar-refractivity contribution is -0.895. The minimum absolute atomic E-state index is 0.0680.